The molecule has 0 radical (unpaired) electrons. The predicted molar refractivity (Wildman–Crippen MR) is 121 cm³/mol. The molecule has 3 aromatic rings. The lowest BCUT2D eigenvalue weighted by molar-refractivity contribution is -0.118. The molecule has 1 amide bonds. The molecule has 0 spiro atoms. The normalized spacial score (nSPS) is 18.5. The van der Waals surface area contributed by atoms with Gasteiger partial charge in [-0.1, -0.05) is 12.1 Å². The highest BCUT2D eigenvalue weighted by Gasteiger charge is 2.32. The number of nitrogens with zero attached hydrogens (tertiary/aromatic N) is 2. The van der Waals surface area contributed by atoms with Crippen LogP contribution in [0.1, 0.15) is 18.4 Å². The third-order valence-electron chi connectivity index (χ3n) is 5.52. The van der Waals surface area contributed by atoms with Crippen molar-refractivity contribution in [3.05, 3.63) is 54.2 Å². The van der Waals surface area contributed by atoms with E-state index in [9.17, 15) is 9.90 Å². The monoisotopic (exact) mass is 420 g/mol. The third kappa shape index (κ3) is 4.88. The zero-order chi connectivity index (χ0) is 22.0. The number of phenols is 1. The van der Waals surface area contributed by atoms with E-state index in [2.05, 4.69) is 15.5 Å². The van der Waals surface area contributed by atoms with Crippen LogP contribution in [-0.2, 0) is 4.79 Å². The van der Waals surface area contributed by atoms with Crippen LogP contribution in [0.3, 0.4) is 0 Å². The largest absolute Gasteiger partial charge is 0.508 e. The van der Waals surface area contributed by atoms with Gasteiger partial charge in [-0.15, -0.1) is 0 Å². The molecule has 0 bridgehead atoms. The fourth-order valence-electron chi connectivity index (χ4n) is 3.82. The summed E-state index contributed by atoms with van der Waals surface area (Å²) in [5, 5.41) is 20.9. The molecule has 3 N–H and O–H groups in total. The summed E-state index contributed by atoms with van der Waals surface area (Å²) in [7, 11) is 3.93. The number of carbonyl (C=O) groups is 1. The summed E-state index contributed by atoms with van der Waals surface area (Å²) in [5.74, 6) is 0.959. The van der Waals surface area contributed by atoms with E-state index in [0.717, 1.165) is 52.7 Å². The molecule has 7 heteroatoms. The summed E-state index contributed by atoms with van der Waals surface area (Å²) in [6, 6.07) is 9.53. The number of hydrogen-bond donors (Lipinski definition) is 3. The topological polar surface area (TPSA) is 90.5 Å². The van der Waals surface area contributed by atoms with Gasteiger partial charge in [0, 0.05) is 31.5 Å². The number of aryl methyl sites for hydroxylation is 1. The first-order valence-corrected chi connectivity index (χ1v) is 10.4. The summed E-state index contributed by atoms with van der Waals surface area (Å²) < 4.78 is 6.29. The highest BCUT2D eigenvalue weighted by Crippen LogP contribution is 2.36. The van der Waals surface area contributed by atoms with Crippen LogP contribution in [0.5, 0.6) is 11.5 Å². The Morgan fingerprint density at radius 3 is 2.87 bits per heavy atom. The van der Waals surface area contributed by atoms with Gasteiger partial charge in [-0.3, -0.25) is 9.89 Å². The smallest absolute Gasteiger partial charge is 0.243 e. The number of rotatable bonds is 7. The van der Waals surface area contributed by atoms with Gasteiger partial charge in [-0.2, -0.15) is 5.10 Å². The van der Waals surface area contributed by atoms with Gasteiger partial charge in [-0.25, -0.2) is 0 Å². The lowest BCUT2D eigenvalue weighted by Gasteiger charge is -2.35. The van der Waals surface area contributed by atoms with Crippen LogP contribution in [0.2, 0.25) is 0 Å². The number of nitrogens with one attached hydrogen (secondary N) is 2. The molecule has 1 aliphatic rings. The van der Waals surface area contributed by atoms with Gasteiger partial charge < -0.3 is 20.1 Å². The zero-order valence-corrected chi connectivity index (χ0v) is 18.1. The van der Waals surface area contributed by atoms with Crippen LogP contribution in [0.15, 0.2) is 48.7 Å². The van der Waals surface area contributed by atoms with E-state index in [-0.39, 0.29) is 23.8 Å². The van der Waals surface area contributed by atoms with Crippen LogP contribution >= 0.6 is 0 Å². The molecule has 2 aromatic carbocycles. The Kier molecular flexibility index (Phi) is 5.95. The number of phenolic OH excluding ortho intramolecular Hbond substituents is 1. The number of carbonyl (C=O) groups excluding carboxylic acids is 1. The number of H-pyrrole nitrogens is 1. The van der Waals surface area contributed by atoms with Crippen molar-refractivity contribution in [2.45, 2.75) is 31.9 Å². The molecule has 1 aromatic heterocycles. The number of aromatic amines is 1. The van der Waals surface area contributed by atoms with Gasteiger partial charge in [0.2, 0.25) is 5.91 Å². The summed E-state index contributed by atoms with van der Waals surface area (Å²) in [5.41, 5.74) is 3.91. The van der Waals surface area contributed by atoms with E-state index in [1.807, 2.05) is 50.2 Å². The highest BCUT2D eigenvalue weighted by molar-refractivity contribution is 5.90. The van der Waals surface area contributed by atoms with E-state index in [1.54, 1.807) is 24.4 Å². The molecule has 31 heavy (non-hydrogen) atoms. The molecule has 4 rings (SSSR count). The van der Waals surface area contributed by atoms with Crippen LogP contribution in [0.4, 0.5) is 0 Å². The lowest BCUT2D eigenvalue weighted by Crippen LogP contribution is -2.48. The SMILES string of the molecule is Cc1cc(O)ccc1-c1cc(O[C@H]2C[C@H](NC(=O)/C=C/CN(C)C)C2)c2cn[nH]c2c1. The van der Waals surface area contributed by atoms with Gasteiger partial charge in [0.15, 0.2) is 0 Å². The average molecular weight is 421 g/mol. The summed E-state index contributed by atoms with van der Waals surface area (Å²) in [6.07, 6.45) is 6.81. The number of likely N-dealkylation sites (N-methyl/N-ethyl adjacent to an activating group) is 1. The zero-order valence-electron chi connectivity index (χ0n) is 18.1. The second kappa shape index (κ2) is 8.81. The maximum atomic E-state index is 12.0. The second-order valence-corrected chi connectivity index (χ2v) is 8.39. The first-order chi connectivity index (χ1) is 14.9. The van der Waals surface area contributed by atoms with Crippen molar-refractivity contribution in [2.75, 3.05) is 20.6 Å². The minimum Gasteiger partial charge on any atom is -0.508 e. The molecule has 0 saturated heterocycles. The van der Waals surface area contributed by atoms with Crippen molar-refractivity contribution >= 4 is 16.8 Å². The molecule has 0 atom stereocenters. The molecule has 1 fully saturated rings. The van der Waals surface area contributed by atoms with E-state index < -0.39 is 0 Å². The second-order valence-electron chi connectivity index (χ2n) is 8.39. The van der Waals surface area contributed by atoms with Crippen molar-refractivity contribution in [3.63, 3.8) is 0 Å². The van der Waals surface area contributed by atoms with Gasteiger partial charge in [0.25, 0.3) is 0 Å². The van der Waals surface area contributed by atoms with E-state index >= 15 is 0 Å². The molecule has 7 nitrogen and oxygen atoms in total. The number of ether oxygens (including phenoxy) is 1. The maximum Gasteiger partial charge on any atom is 0.243 e. The number of benzene rings is 2. The number of fused-ring (bicyclic) bond motifs is 1. The van der Waals surface area contributed by atoms with Gasteiger partial charge in [-0.05, 0) is 62.0 Å². The van der Waals surface area contributed by atoms with Crippen LogP contribution < -0.4 is 10.1 Å². The molecular weight excluding hydrogens is 392 g/mol. The molecular formula is C24H28N4O3. The van der Waals surface area contributed by atoms with Crippen LogP contribution in [-0.4, -0.2) is 58.9 Å². The minimum absolute atomic E-state index is 0.0466. The lowest BCUT2D eigenvalue weighted by atomic mass is 9.89. The van der Waals surface area contributed by atoms with Gasteiger partial charge in [0.1, 0.15) is 17.6 Å². The van der Waals surface area contributed by atoms with Crippen molar-refractivity contribution < 1.29 is 14.6 Å². The molecule has 162 valence electrons. The Bertz CT molecular complexity index is 1110. The van der Waals surface area contributed by atoms with Crippen molar-refractivity contribution in [1.82, 2.24) is 20.4 Å². The number of aromatic nitrogens is 2. The van der Waals surface area contributed by atoms with Crippen molar-refractivity contribution in [1.29, 1.82) is 0 Å². The summed E-state index contributed by atoms with van der Waals surface area (Å²) in [6.45, 7) is 2.71. The fraction of sp³-hybridized carbons (Fsp3) is 0.333. The van der Waals surface area contributed by atoms with E-state index in [4.69, 9.17) is 4.74 Å². The highest BCUT2D eigenvalue weighted by atomic mass is 16.5. The van der Waals surface area contributed by atoms with E-state index in [0.29, 0.717) is 0 Å². The first-order valence-electron chi connectivity index (χ1n) is 10.4. The van der Waals surface area contributed by atoms with Crippen molar-refractivity contribution in [2.24, 2.45) is 0 Å². The molecule has 0 unspecified atom stereocenters. The number of hydrogen-bond acceptors (Lipinski definition) is 5. The number of amides is 1. The molecule has 1 saturated carbocycles. The summed E-state index contributed by atoms with van der Waals surface area (Å²) >= 11 is 0. The predicted octanol–water partition coefficient (Wildman–Crippen LogP) is 3.39. The van der Waals surface area contributed by atoms with Gasteiger partial charge in [0.05, 0.1) is 17.1 Å². The Labute approximate surface area is 181 Å². The number of aromatic hydroxyl groups is 1. The third-order valence-corrected chi connectivity index (χ3v) is 5.52. The molecule has 0 aliphatic heterocycles. The Balaban J connectivity index is 1.43. The van der Waals surface area contributed by atoms with Crippen molar-refractivity contribution in [3.8, 4) is 22.6 Å². The fourth-order valence-corrected chi connectivity index (χ4v) is 3.82. The minimum atomic E-state index is -0.0627. The Morgan fingerprint density at radius 2 is 2.13 bits per heavy atom. The Morgan fingerprint density at radius 1 is 1.32 bits per heavy atom. The molecule has 1 heterocycles. The van der Waals surface area contributed by atoms with Gasteiger partial charge >= 0.3 is 0 Å². The van der Waals surface area contributed by atoms with E-state index in [1.165, 1.54) is 0 Å². The quantitative estimate of drug-likeness (QED) is 0.510. The van der Waals surface area contributed by atoms with Crippen LogP contribution in [0, 0.1) is 6.92 Å². The standard InChI is InChI=1S/C24H28N4O3/c1-15-9-18(29)6-7-20(15)16-10-22-21(14-25-27-22)23(11-16)31-19-12-17(13-19)26-24(30)5-4-8-28(2)3/h4-7,9-11,14,17,19,29H,8,12-13H2,1-3H3,(H,25,27)(H,26,30)/b5-4+/t17-,19-. The van der Waals surface area contributed by atoms with Crippen LogP contribution in [0.25, 0.3) is 22.0 Å². The maximum absolute atomic E-state index is 12.0. The summed E-state index contributed by atoms with van der Waals surface area (Å²) in [4.78, 5) is 14.0. The average Bonchev–Trinajstić information content (AvgIpc) is 3.14. The first kappa shape index (κ1) is 20.9. The molecule has 1 aliphatic carbocycles. The Hall–Kier alpha value is -3.32.